The van der Waals surface area contributed by atoms with E-state index in [-0.39, 0.29) is 5.25 Å². The second kappa shape index (κ2) is 7.52. The first-order chi connectivity index (χ1) is 11.6. The third-order valence-corrected chi connectivity index (χ3v) is 4.72. The lowest BCUT2D eigenvalue weighted by Gasteiger charge is -2.06. The van der Waals surface area contributed by atoms with Crippen molar-refractivity contribution in [3.05, 3.63) is 64.7 Å². The number of halogens is 1. The second-order valence-electron chi connectivity index (χ2n) is 5.40. The minimum atomic E-state index is -0.235. The molecule has 1 unspecified atom stereocenters. The fourth-order valence-corrected chi connectivity index (χ4v) is 3.17. The summed E-state index contributed by atoms with van der Waals surface area (Å²) in [6, 6.07) is 17.9. The summed E-state index contributed by atoms with van der Waals surface area (Å²) < 4.78 is 0. The Morgan fingerprint density at radius 2 is 1.88 bits per heavy atom. The number of thioether (sulfide) groups is 1. The monoisotopic (exact) mass is 354 g/mol. The maximum atomic E-state index is 9.41. The number of nitrogens with one attached hydrogen (secondary N) is 1. The van der Waals surface area contributed by atoms with Crippen molar-refractivity contribution in [3.8, 4) is 17.5 Å². The molecule has 0 aliphatic heterocycles. The van der Waals surface area contributed by atoms with Crippen molar-refractivity contribution in [1.29, 1.82) is 5.26 Å². The van der Waals surface area contributed by atoms with E-state index in [4.69, 9.17) is 11.6 Å². The maximum absolute atomic E-state index is 9.41. The van der Waals surface area contributed by atoms with E-state index in [9.17, 15) is 5.26 Å². The van der Waals surface area contributed by atoms with Crippen LogP contribution in [0.3, 0.4) is 0 Å². The molecule has 1 heterocycles. The zero-order valence-electron chi connectivity index (χ0n) is 13.0. The van der Waals surface area contributed by atoms with Crippen molar-refractivity contribution in [2.75, 3.05) is 0 Å². The summed E-state index contributed by atoms with van der Waals surface area (Å²) in [6.07, 6.45) is 0.659. The molecule has 1 aromatic heterocycles. The van der Waals surface area contributed by atoms with Gasteiger partial charge in [0, 0.05) is 10.6 Å². The molecule has 1 N–H and O–H groups in total. The van der Waals surface area contributed by atoms with Gasteiger partial charge in [-0.2, -0.15) is 5.26 Å². The van der Waals surface area contributed by atoms with Gasteiger partial charge in [-0.25, -0.2) is 4.98 Å². The van der Waals surface area contributed by atoms with Crippen LogP contribution in [0.4, 0.5) is 0 Å². The molecule has 3 aromatic rings. The Morgan fingerprint density at radius 3 is 2.54 bits per heavy atom. The van der Waals surface area contributed by atoms with Gasteiger partial charge in [-0.15, -0.1) is 5.10 Å². The summed E-state index contributed by atoms with van der Waals surface area (Å²) >= 11 is 7.26. The number of rotatable bonds is 5. The summed E-state index contributed by atoms with van der Waals surface area (Å²) in [4.78, 5) is 4.46. The number of hydrogen-bond donors (Lipinski definition) is 1. The van der Waals surface area contributed by atoms with Gasteiger partial charge in [0.1, 0.15) is 5.25 Å². The quantitative estimate of drug-likeness (QED) is 0.677. The zero-order chi connectivity index (χ0) is 16.9. The molecule has 0 bridgehead atoms. The normalized spacial score (nSPS) is 11.9. The molecular weight excluding hydrogens is 340 g/mol. The SMILES string of the molecule is Cc1ccc(CC(C#N)Sc2n[nH]c(-c3ccc(Cl)cc3)n2)cc1. The average Bonchev–Trinajstić information content (AvgIpc) is 3.05. The van der Waals surface area contributed by atoms with Crippen LogP contribution in [0.25, 0.3) is 11.4 Å². The first-order valence-electron chi connectivity index (χ1n) is 7.44. The van der Waals surface area contributed by atoms with Crippen LogP contribution in [-0.2, 0) is 6.42 Å². The molecule has 0 aliphatic rings. The van der Waals surface area contributed by atoms with Gasteiger partial charge in [-0.1, -0.05) is 53.2 Å². The fourth-order valence-electron chi connectivity index (χ4n) is 2.22. The number of aryl methyl sites for hydroxylation is 1. The van der Waals surface area contributed by atoms with E-state index in [1.807, 2.05) is 31.2 Å². The van der Waals surface area contributed by atoms with Gasteiger partial charge >= 0.3 is 0 Å². The van der Waals surface area contributed by atoms with Gasteiger partial charge in [-0.05, 0) is 43.2 Å². The Hall–Kier alpha value is -2.29. The molecule has 2 aromatic carbocycles. The van der Waals surface area contributed by atoms with E-state index >= 15 is 0 Å². The molecule has 4 nitrogen and oxygen atoms in total. The molecule has 120 valence electrons. The van der Waals surface area contributed by atoms with Crippen molar-refractivity contribution in [2.45, 2.75) is 23.8 Å². The summed E-state index contributed by atoms with van der Waals surface area (Å²) in [6.45, 7) is 2.05. The van der Waals surface area contributed by atoms with Crippen LogP contribution in [0.15, 0.2) is 53.7 Å². The number of aromatic amines is 1. The van der Waals surface area contributed by atoms with Crippen molar-refractivity contribution < 1.29 is 0 Å². The summed E-state index contributed by atoms with van der Waals surface area (Å²) in [5.74, 6) is 0.668. The van der Waals surface area contributed by atoms with Crippen molar-refractivity contribution in [1.82, 2.24) is 15.2 Å². The molecule has 24 heavy (non-hydrogen) atoms. The minimum Gasteiger partial charge on any atom is -0.258 e. The van der Waals surface area contributed by atoms with Gasteiger partial charge < -0.3 is 0 Å². The lowest BCUT2D eigenvalue weighted by Crippen LogP contribution is -2.04. The van der Waals surface area contributed by atoms with E-state index in [1.165, 1.54) is 17.3 Å². The third-order valence-electron chi connectivity index (χ3n) is 3.52. The largest absolute Gasteiger partial charge is 0.258 e. The highest BCUT2D eigenvalue weighted by molar-refractivity contribution is 8.00. The number of benzene rings is 2. The predicted octanol–water partition coefficient (Wildman–Crippen LogP) is 4.66. The Bertz CT molecular complexity index is 850. The second-order valence-corrected chi connectivity index (χ2v) is 7.01. The highest BCUT2D eigenvalue weighted by atomic mass is 35.5. The van der Waals surface area contributed by atoms with Crippen molar-refractivity contribution in [3.63, 3.8) is 0 Å². The van der Waals surface area contributed by atoms with Crippen LogP contribution in [0.1, 0.15) is 11.1 Å². The average molecular weight is 355 g/mol. The van der Waals surface area contributed by atoms with Crippen LogP contribution < -0.4 is 0 Å². The van der Waals surface area contributed by atoms with E-state index in [0.717, 1.165) is 11.1 Å². The first kappa shape index (κ1) is 16.6. The van der Waals surface area contributed by atoms with Crippen LogP contribution in [-0.4, -0.2) is 20.4 Å². The molecule has 3 rings (SSSR count). The summed E-state index contributed by atoms with van der Waals surface area (Å²) in [7, 11) is 0. The van der Waals surface area contributed by atoms with Crippen molar-refractivity contribution >= 4 is 23.4 Å². The molecule has 1 atom stereocenters. The Balaban J connectivity index is 1.69. The molecule has 6 heteroatoms. The van der Waals surface area contributed by atoms with E-state index < -0.39 is 0 Å². The number of hydrogen-bond acceptors (Lipinski definition) is 4. The molecule has 0 amide bonds. The molecule has 0 aliphatic carbocycles. The first-order valence-corrected chi connectivity index (χ1v) is 8.70. The lowest BCUT2D eigenvalue weighted by atomic mass is 10.1. The standard InChI is InChI=1S/C18H15ClN4S/c1-12-2-4-13(5-3-12)10-16(11-20)24-18-21-17(22-23-18)14-6-8-15(19)9-7-14/h2-9,16H,10H2,1H3,(H,21,22,23). The van der Waals surface area contributed by atoms with Gasteiger partial charge in [0.15, 0.2) is 5.82 Å². The topological polar surface area (TPSA) is 65.4 Å². The van der Waals surface area contributed by atoms with Crippen LogP contribution >= 0.6 is 23.4 Å². The van der Waals surface area contributed by atoms with Gasteiger partial charge in [0.25, 0.3) is 0 Å². The lowest BCUT2D eigenvalue weighted by molar-refractivity contribution is 0.954. The molecule has 0 spiro atoms. The van der Waals surface area contributed by atoms with E-state index in [2.05, 4.69) is 45.5 Å². The predicted molar refractivity (Wildman–Crippen MR) is 97.0 cm³/mol. The van der Waals surface area contributed by atoms with Crippen LogP contribution in [0.2, 0.25) is 5.02 Å². The molecule has 0 radical (unpaired) electrons. The Labute approximate surface area is 149 Å². The summed E-state index contributed by atoms with van der Waals surface area (Å²) in [5.41, 5.74) is 3.25. The maximum Gasteiger partial charge on any atom is 0.210 e. The minimum absolute atomic E-state index is 0.235. The molecular formula is C18H15ClN4S. The highest BCUT2D eigenvalue weighted by Gasteiger charge is 2.15. The van der Waals surface area contributed by atoms with Crippen LogP contribution in [0, 0.1) is 18.3 Å². The number of nitriles is 1. The summed E-state index contributed by atoms with van der Waals surface area (Å²) in [5, 5.41) is 17.5. The highest BCUT2D eigenvalue weighted by Crippen LogP contribution is 2.25. The number of H-pyrrole nitrogens is 1. The Kier molecular flexibility index (Phi) is 5.19. The van der Waals surface area contributed by atoms with Gasteiger partial charge in [-0.3, -0.25) is 5.10 Å². The van der Waals surface area contributed by atoms with Crippen molar-refractivity contribution in [2.24, 2.45) is 0 Å². The van der Waals surface area contributed by atoms with Gasteiger partial charge in [0.05, 0.1) is 6.07 Å². The molecule has 0 saturated heterocycles. The number of aromatic nitrogens is 3. The Morgan fingerprint density at radius 1 is 1.17 bits per heavy atom. The molecule has 0 saturated carbocycles. The smallest absolute Gasteiger partial charge is 0.210 e. The molecule has 0 fully saturated rings. The zero-order valence-corrected chi connectivity index (χ0v) is 14.6. The van der Waals surface area contributed by atoms with E-state index in [1.54, 1.807) is 0 Å². The number of nitrogens with zero attached hydrogens (tertiary/aromatic N) is 3. The van der Waals surface area contributed by atoms with E-state index in [0.29, 0.717) is 22.4 Å². The van der Waals surface area contributed by atoms with Crippen LogP contribution in [0.5, 0.6) is 0 Å². The fraction of sp³-hybridized carbons (Fsp3) is 0.167. The third kappa shape index (κ3) is 4.16. The van der Waals surface area contributed by atoms with Gasteiger partial charge in [0.2, 0.25) is 5.16 Å².